The molecule has 0 saturated carbocycles. The smallest absolute Gasteiger partial charge is 0.726 e. The fourth-order valence-electron chi connectivity index (χ4n) is 9.74. The van der Waals surface area contributed by atoms with Gasteiger partial charge in [-0.05, 0) is 38.5 Å². The molecule has 0 fully saturated rings. The average Bonchev–Trinajstić information content (AvgIpc) is 3.35. The molecule has 0 saturated heterocycles. The van der Waals surface area contributed by atoms with E-state index < -0.39 is 20.8 Å². The first kappa shape index (κ1) is 77.7. The molecule has 2 atom stereocenters. The predicted octanol–water partition coefficient (Wildman–Crippen LogP) is 20.5. The van der Waals surface area contributed by atoms with Gasteiger partial charge in [-0.1, -0.05) is 335 Å². The first-order chi connectivity index (χ1) is 35.0. The third-order valence-corrected chi connectivity index (χ3v) is 15.3. The molecule has 73 heavy (non-hydrogen) atoms. The molecular formula is C62H122CaO8S2. The molecule has 0 radical (unpaired) electrons. The second-order valence-corrected chi connectivity index (χ2v) is 23.9. The number of unbranched alkanes of at least 4 members (excludes halogenated alkanes) is 44. The average molecular weight is 1100 g/mol. The molecule has 0 aromatic rings. The second-order valence-electron chi connectivity index (χ2n) is 21.8. The van der Waals surface area contributed by atoms with Crippen LogP contribution in [0.4, 0.5) is 0 Å². The van der Waals surface area contributed by atoms with Crippen molar-refractivity contribution in [2.45, 2.75) is 349 Å². The third kappa shape index (κ3) is 72.5. The summed E-state index contributed by atoms with van der Waals surface area (Å²) in [5.74, 6) is 0.0373. The van der Waals surface area contributed by atoms with Crippen molar-refractivity contribution in [3.05, 3.63) is 24.3 Å². The van der Waals surface area contributed by atoms with Gasteiger partial charge in [0, 0.05) is 11.8 Å². The molecule has 2 unspecified atom stereocenters. The van der Waals surface area contributed by atoms with Gasteiger partial charge < -0.3 is 9.11 Å². The normalized spacial score (nSPS) is 12.9. The van der Waals surface area contributed by atoms with E-state index >= 15 is 0 Å². The van der Waals surface area contributed by atoms with Crippen molar-refractivity contribution in [2.75, 3.05) is 13.2 Å². The Morgan fingerprint density at radius 2 is 0.479 bits per heavy atom. The molecule has 0 aliphatic rings. The van der Waals surface area contributed by atoms with Gasteiger partial charge >= 0.3 is 37.7 Å². The topological polar surface area (TPSA) is 133 Å². The number of allylic oxidation sites excluding steroid dienone is 2. The predicted molar refractivity (Wildman–Crippen MR) is 316 cm³/mol. The minimum atomic E-state index is -4.61. The summed E-state index contributed by atoms with van der Waals surface area (Å²) in [6.07, 6.45) is 73.4. The Morgan fingerprint density at radius 1 is 0.301 bits per heavy atom. The van der Waals surface area contributed by atoms with Crippen molar-refractivity contribution in [1.82, 2.24) is 0 Å². The zero-order valence-electron chi connectivity index (χ0n) is 49.0. The Kier molecular flexibility index (Phi) is 67.4. The Balaban J connectivity index is -0.00000132. The Bertz CT molecular complexity index is 1230. The maximum absolute atomic E-state index is 10.9. The van der Waals surface area contributed by atoms with E-state index in [0.717, 1.165) is 38.5 Å². The standard InChI is InChI=1S/2C31H62O4S.Ca/c2*1-3-5-7-9-11-13-14-15-16-17-18-19-20-21-23-25-27-29-31(30-35-36(32,33)34)28-26-24-22-12-10-8-6-4-2;/h2*27,29,31H,3-26,28,30H2,1-2H3,(H,32,33,34);/q;;+2/p-2/b2*29-27+;. The summed E-state index contributed by atoms with van der Waals surface area (Å²) in [5, 5.41) is 0. The van der Waals surface area contributed by atoms with Crippen molar-refractivity contribution >= 4 is 58.5 Å². The molecule has 0 aliphatic carbocycles. The molecule has 0 spiro atoms. The minimum Gasteiger partial charge on any atom is -0.726 e. The molecule has 0 aromatic carbocycles. The van der Waals surface area contributed by atoms with Crippen LogP contribution in [-0.4, -0.2) is 76.9 Å². The van der Waals surface area contributed by atoms with Gasteiger partial charge in [0.05, 0.1) is 13.2 Å². The molecule has 0 aliphatic heterocycles. The minimum absolute atomic E-state index is 0. The molecule has 0 bridgehead atoms. The maximum Gasteiger partial charge on any atom is 2.00 e. The summed E-state index contributed by atoms with van der Waals surface area (Å²) in [6.45, 7) is 8.99. The largest absolute Gasteiger partial charge is 2.00 e. The van der Waals surface area contributed by atoms with Crippen molar-refractivity contribution in [1.29, 1.82) is 0 Å². The van der Waals surface area contributed by atoms with E-state index in [9.17, 15) is 25.9 Å². The van der Waals surface area contributed by atoms with Crippen LogP contribution in [0.15, 0.2) is 24.3 Å². The van der Waals surface area contributed by atoms with Crippen molar-refractivity contribution in [2.24, 2.45) is 11.8 Å². The van der Waals surface area contributed by atoms with E-state index in [4.69, 9.17) is 0 Å². The number of hydrogen-bond donors (Lipinski definition) is 0. The SMILES string of the molecule is CCCCCCCCCCCCCCCCC/C=C/C(CCCCCCCCCC)COS(=O)(=O)[O-].CCCCCCCCCCCCCCCCC/C=C/C(CCCCCCCCCC)COS(=O)(=O)[O-].[Ca+2]. The van der Waals surface area contributed by atoms with E-state index in [1.807, 2.05) is 0 Å². The van der Waals surface area contributed by atoms with Gasteiger partial charge in [0.2, 0.25) is 20.8 Å². The monoisotopic (exact) mass is 1100 g/mol. The van der Waals surface area contributed by atoms with Crippen LogP contribution in [0.2, 0.25) is 0 Å². The zero-order valence-corrected chi connectivity index (χ0v) is 52.9. The van der Waals surface area contributed by atoms with Gasteiger partial charge in [-0.15, -0.1) is 0 Å². The maximum atomic E-state index is 10.9. The number of rotatable bonds is 58. The molecule has 11 heteroatoms. The Labute approximate surface area is 487 Å². The molecule has 8 nitrogen and oxygen atoms in total. The summed E-state index contributed by atoms with van der Waals surface area (Å²) in [6, 6.07) is 0. The van der Waals surface area contributed by atoms with E-state index in [2.05, 4.69) is 60.4 Å². The first-order valence-electron chi connectivity index (χ1n) is 31.5. The van der Waals surface area contributed by atoms with Gasteiger partial charge in [-0.2, -0.15) is 0 Å². The van der Waals surface area contributed by atoms with Crippen LogP contribution in [-0.2, 0) is 29.2 Å². The quantitative estimate of drug-likeness (QED) is 0.0193. The molecule has 0 heterocycles. The summed E-state index contributed by atoms with van der Waals surface area (Å²) >= 11 is 0. The fraction of sp³-hybridized carbons (Fsp3) is 0.935. The number of hydrogen-bond acceptors (Lipinski definition) is 8. The van der Waals surface area contributed by atoms with Crippen molar-refractivity contribution in [3.8, 4) is 0 Å². The Morgan fingerprint density at radius 3 is 0.671 bits per heavy atom. The summed E-state index contributed by atoms with van der Waals surface area (Å²) in [4.78, 5) is 0. The van der Waals surface area contributed by atoms with E-state index in [-0.39, 0.29) is 62.8 Å². The third-order valence-electron chi connectivity index (χ3n) is 14.5. The van der Waals surface area contributed by atoms with Gasteiger partial charge in [-0.25, -0.2) is 16.8 Å². The van der Waals surface area contributed by atoms with Crippen LogP contribution in [0, 0.1) is 11.8 Å². The van der Waals surface area contributed by atoms with E-state index in [0.29, 0.717) is 0 Å². The van der Waals surface area contributed by atoms with Gasteiger partial charge in [0.15, 0.2) is 0 Å². The molecule has 0 N–H and O–H groups in total. The molecule has 0 aromatic heterocycles. The van der Waals surface area contributed by atoms with Crippen LogP contribution >= 0.6 is 0 Å². The van der Waals surface area contributed by atoms with E-state index in [1.54, 1.807) is 0 Å². The van der Waals surface area contributed by atoms with Gasteiger partial charge in [0.1, 0.15) is 0 Å². The van der Waals surface area contributed by atoms with E-state index in [1.165, 1.54) is 283 Å². The second kappa shape index (κ2) is 63.3. The molecule has 0 amide bonds. The molecule has 432 valence electrons. The first-order valence-corrected chi connectivity index (χ1v) is 34.2. The van der Waals surface area contributed by atoms with Crippen LogP contribution in [0.5, 0.6) is 0 Å². The molecular weight excluding hydrogens is 977 g/mol. The Hall–Kier alpha value is 0.480. The fourth-order valence-corrected chi connectivity index (χ4v) is 10.4. The van der Waals surface area contributed by atoms with Crippen LogP contribution in [0.25, 0.3) is 0 Å². The van der Waals surface area contributed by atoms with Gasteiger partial charge in [-0.3, -0.25) is 8.37 Å². The summed E-state index contributed by atoms with van der Waals surface area (Å²) in [7, 11) is -9.23. The summed E-state index contributed by atoms with van der Waals surface area (Å²) in [5.41, 5.74) is 0. The zero-order chi connectivity index (χ0) is 53.2. The van der Waals surface area contributed by atoms with Crippen molar-refractivity contribution in [3.63, 3.8) is 0 Å². The van der Waals surface area contributed by atoms with Crippen LogP contribution < -0.4 is 0 Å². The van der Waals surface area contributed by atoms with Crippen LogP contribution in [0.3, 0.4) is 0 Å². The van der Waals surface area contributed by atoms with Crippen molar-refractivity contribution < 1.29 is 34.3 Å². The van der Waals surface area contributed by atoms with Crippen LogP contribution in [0.1, 0.15) is 349 Å². The summed E-state index contributed by atoms with van der Waals surface area (Å²) < 4.78 is 74.3. The molecule has 0 rings (SSSR count). The van der Waals surface area contributed by atoms with Gasteiger partial charge in [0.25, 0.3) is 0 Å².